The average molecular weight is 222 g/mol. The highest BCUT2D eigenvalue weighted by molar-refractivity contribution is 6.29. The van der Waals surface area contributed by atoms with Gasteiger partial charge in [0.2, 0.25) is 0 Å². The van der Waals surface area contributed by atoms with Crippen molar-refractivity contribution in [2.24, 2.45) is 7.05 Å². The van der Waals surface area contributed by atoms with E-state index in [4.69, 9.17) is 11.6 Å². The Bertz CT molecular complexity index is 459. The largest absolute Gasteiger partial charge is 0.388 e. The van der Waals surface area contributed by atoms with E-state index in [0.29, 0.717) is 5.15 Å². The van der Waals surface area contributed by atoms with Crippen molar-refractivity contribution in [2.45, 2.75) is 0 Å². The number of aryl methyl sites for hydroxylation is 1. The Morgan fingerprint density at radius 2 is 1.93 bits per heavy atom. The van der Waals surface area contributed by atoms with Crippen molar-refractivity contribution < 1.29 is 0 Å². The summed E-state index contributed by atoms with van der Waals surface area (Å²) in [5.41, 5.74) is 2.14. The zero-order chi connectivity index (χ0) is 10.8. The minimum Gasteiger partial charge on any atom is -0.388 e. The average Bonchev–Trinajstić information content (AvgIpc) is 2.58. The first kappa shape index (κ1) is 10.1. The molecule has 0 aliphatic carbocycles. The Labute approximate surface area is 93.7 Å². The summed E-state index contributed by atoms with van der Waals surface area (Å²) in [4.78, 5) is 4.24. The molecule has 1 aromatic carbocycles. The van der Waals surface area contributed by atoms with Gasteiger partial charge in [0.05, 0.1) is 0 Å². The van der Waals surface area contributed by atoms with Gasteiger partial charge in [-0.3, -0.25) is 0 Å². The van der Waals surface area contributed by atoms with E-state index < -0.39 is 0 Å². The Balaban J connectivity index is 2.41. The lowest BCUT2D eigenvalue weighted by molar-refractivity contribution is 0.925. The van der Waals surface area contributed by atoms with Crippen LogP contribution >= 0.6 is 11.6 Å². The second-order valence-corrected chi connectivity index (χ2v) is 3.71. The Kier molecular flexibility index (Phi) is 2.64. The van der Waals surface area contributed by atoms with Crippen molar-refractivity contribution in [3.05, 3.63) is 35.6 Å². The lowest BCUT2D eigenvalue weighted by Gasteiger charge is -2.03. The number of nitrogens with one attached hydrogen (secondary N) is 1. The van der Waals surface area contributed by atoms with Gasteiger partial charge in [-0.1, -0.05) is 11.6 Å². The number of imidazole rings is 1. The molecule has 78 valence electrons. The van der Waals surface area contributed by atoms with Gasteiger partial charge >= 0.3 is 0 Å². The van der Waals surface area contributed by atoms with Crippen LogP contribution in [0.4, 0.5) is 5.69 Å². The van der Waals surface area contributed by atoms with Gasteiger partial charge in [0.15, 0.2) is 0 Å². The normalized spacial score (nSPS) is 10.3. The van der Waals surface area contributed by atoms with Gasteiger partial charge < -0.3 is 9.88 Å². The molecule has 2 aromatic rings. The second kappa shape index (κ2) is 3.95. The molecular weight excluding hydrogens is 210 g/mol. The molecule has 0 amide bonds. The molecule has 4 heteroatoms. The molecule has 2 rings (SSSR count). The fourth-order valence-corrected chi connectivity index (χ4v) is 1.71. The number of aromatic nitrogens is 2. The molecule has 0 saturated carbocycles. The third-order valence-corrected chi connectivity index (χ3v) is 2.46. The van der Waals surface area contributed by atoms with Crippen molar-refractivity contribution in [1.29, 1.82) is 0 Å². The molecule has 3 nitrogen and oxygen atoms in total. The van der Waals surface area contributed by atoms with Crippen molar-refractivity contribution in [1.82, 2.24) is 9.55 Å². The first-order valence-corrected chi connectivity index (χ1v) is 5.05. The van der Waals surface area contributed by atoms with Crippen LogP contribution in [-0.2, 0) is 7.05 Å². The zero-order valence-corrected chi connectivity index (χ0v) is 9.42. The second-order valence-electron chi connectivity index (χ2n) is 3.33. The van der Waals surface area contributed by atoms with E-state index in [1.807, 2.05) is 42.9 Å². The summed E-state index contributed by atoms with van der Waals surface area (Å²) in [5, 5.41) is 3.59. The Morgan fingerprint density at radius 1 is 1.27 bits per heavy atom. The third-order valence-electron chi connectivity index (χ3n) is 2.28. The highest BCUT2D eigenvalue weighted by Gasteiger charge is 2.05. The number of halogens is 1. The van der Waals surface area contributed by atoms with Crippen LogP contribution in [0.3, 0.4) is 0 Å². The van der Waals surface area contributed by atoms with E-state index in [-0.39, 0.29) is 0 Å². The Morgan fingerprint density at radius 3 is 2.40 bits per heavy atom. The molecule has 1 aromatic heterocycles. The lowest BCUT2D eigenvalue weighted by Crippen LogP contribution is -1.92. The highest BCUT2D eigenvalue weighted by Crippen LogP contribution is 2.21. The summed E-state index contributed by atoms with van der Waals surface area (Å²) >= 11 is 5.83. The van der Waals surface area contributed by atoms with Gasteiger partial charge in [0, 0.05) is 31.5 Å². The minimum atomic E-state index is 0.519. The van der Waals surface area contributed by atoms with E-state index in [9.17, 15) is 0 Å². The maximum atomic E-state index is 5.83. The number of benzene rings is 1. The van der Waals surface area contributed by atoms with Crippen LogP contribution < -0.4 is 5.32 Å². The minimum absolute atomic E-state index is 0.519. The van der Waals surface area contributed by atoms with Gasteiger partial charge in [-0.15, -0.1) is 0 Å². The molecule has 0 bridgehead atoms. The standard InChI is InChI=1S/C11H12ClN3/c1-13-9-5-3-8(4-6-9)11-14-10(12)7-15(11)2/h3-7,13H,1-2H3. The lowest BCUT2D eigenvalue weighted by atomic mass is 10.2. The molecule has 0 saturated heterocycles. The first-order valence-electron chi connectivity index (χ1n) is 4.68. The topological polar surface area (TPSA) is 29.9 Å². The predicted molar refractivity (Wildman–Crippen MR) is 63.2 cm³/mol. The number of hydrogen-bond acceptors (Lipinski definition) is 2. The summed E-state index contributed by atoms with van der Waals surface area (Å²) in [5.74, 6) is 0.877. The summed E-state index contributed by atoms with van der Waals surface area (Å²) < 4.78 is 1.91. The van der Waals surface area contributed by atoms with E-state index >= 15 is 0 Å². The van der Waals surface area contributed by atoms with E-state index in [1.54, 1.807) is 6.20 Å². The highest BCUT2D eigenvalue weighted by atomic mass is 35.5. The molecule has 0 atom stereocenters. The summed E-state index contributed by atoms with van der Waals surface area (Å²) in [7, 11) is 3.83. The molecular formula is C11H12ClN3. The number of rotatable bonds is 2. The molecule has 0 unspecified atom stereocenters. The van der Waals surface area contributed by atoms with Gasteiger partial charge in [0.25, 0.3) is 0 Å². The molecule has 0 aliphatic rings. The Hall–Kier alpha value is -1.48. The van der Waals surface area contributed by atoms with Gasteiger partial charge in [-0.2, -0.15) is 0 Å². The molecule has 0 spiro atoms. The number of anilines is 1. The maximum Gasteiger partial charge on any atom is 0.147 e. The van der Waals surface area contributed by atoms with E-state index in [1.165, 1.54) is 0 Å². The van der Waals surface area contributed by atoms with Crippen molar-refractivity contribution >= 4 is 17.3 Å². The number of hydrogen-bond donors (Lipinski definition) is 1. The van der Waals surface area contributed by atoms with Crippen molar-refractivity contribution in [3.63, 3.8) is 0 Å². The first-order chi connectivity index (χ1) is 7.20. The summed E-state index contributed by atoms with van der Waals surface area (Å²) in [6.07, 6.45) is 1.79. The molecule has 15 heavy (non-hydrogen) atoms. The molecule has 0 fully saturated rings. The smallest absolute Gasteiger partial charge is 0.147 e. The fraction of sp³-hybridized carbons (Fsp3) is 0.182. The predicted octanol–water partition coefficient (Wildman–Crippen LogP) is 2.78. The van der Waals surface area contributed by atoms with Gasteiger partial charge in [-0.25, -0.2) is 4.98 Å². The van der Waals surface area contributed by atoms with Crippen LogP contribution in [0.1, 0.15) is 0 Å². The summed E-state index contributed by atoms with van der Waals surface area (Å²) in [6.45, 7) is 0. The maximum absolute atomic E-state index is 5.83. The zero-order valence-electron chi connectivity index (χ0n) is 8.66. The molecule has 1 heterocycles. The van der Waals surface area contributed by atoms with Crippen LogP contribution in [-0.4, -0.2) is 16.6 Å². The third kappa shape index (κ3) is 1.97. The fourth-order valence-electron chi connectivity index (χ4n) is 1.48. The van der Waals surface area contributed by atoms with E-state index in [2.05, 4.69) is 10.3 Å². The van der Waals surface area contributed by atoms with Crippen molar-refractivity contribution in [3.8, 4) is 11.4 Å². The van der Waals surface area contributed by atoms with Crippen molar-refractivity contribution in [2.75, 3.05) is 12.4 Å². The summed E-state index contributed by atoms with van der Waals surface area (Å²) in [6, 6.07) is 8.06. The molecule has 1 N–H and O–H groups in total. The van der Waals surface area contributed by atoms with Crippen LogP contribution in [0.2, 0.25) is 5.15 Å². The van der Waals surface area contributed by atoms with Gasteiger partial charge in [0.1, 0.15) is 11.0 Å². The van der Waals surface area contributed by atoms with Crippen LogP contribution in [0.5, 0.6) is 0 Å². The molecule has 0 radical (unpaired) electrons. The van der Waals surface area contributed by atoms with E-state index in [0.717, 1.165) is 17.1 Å². The van der Waals surface area contributed by atoms with Crippen LogP contribution in [0.15, 0.2) is 30.5 Å². The van der Waals surface area contributed by atoms with Crippen LogP contribution in [0, 0.1) is 0 Å². The SMILES string of the molecule is CNc1ccc(-c2nc(Cl)cn2C)cc1. The monoisotopic (exact) mass is 221 g/mol. The number of nitrogens with zero attached hydrogens (tertiary/aromatic N) is 2. The van der Waals surface area contributed by atoms with Crippen LogP contribution in [0.25, 0.3) is 11.4 Å². The van der Waals surface area contributed by atoms with Gasteiger partial charge in [-0.05, 0) is 24.3 Å². The quantitative estimate of drug-likeness (QED) is 0.845. The molecule has 0 aliphatic heterocycles.